The smallest absolute Gasteiger partial charge is 0.255 e. The molecule has 3 heterocycles. The maximum absolute atomic E-state index is 13.7. The highest BCUT2D eigenvalue weighted by atomic mass is 32.2. The number of anilines is 1. The number of nitrogens with zero attached hydrogens (tertiary/aromatic N) is 3. The summed E-state index contributed by atoms with van der Waals surface area (Å²) in [6.45, 7) is 7.89. The standard InChI is InChI=1S/C29H32N4O2S/c1-19(2)21-11-13-22(14-12-21)27-26(28(35)31-23-9-5-4-6-10-23)20(3)30-29-33(27)24(18-36-29)17-25(34)32-15-7-8-16-32/h4-6,9-14,18-19,27H,7-8,15-17H2,1-3H3,(H,31,35). The van der Waals surface area contributed by atoms with E-state index in [1.165, 1.54) is 17.3 Å². The SMILES string of the molecule is CC1=C(C(=O)Nc2ccccc2)C(c2ccc(C(C)C)cc2)N2C(CC(=O)N3CCCC3)=CSC2=N1. The maximum Gasteiger partial charge on any atom is 0.255 e. The van der Waals surface area contributed by atoms with Gasteiger partial charge in [0.15, 0.2) is 5.17 Å². The van der Waals surface area contributed by atoms with Crippen molar-refractivity contribution in [2.24, 2.45) is 4.99 Å². The van der Waals surface area contributed by atoms with Crippen LogP contribution < -0.4 is 5.32 Å². The molecule has 36 heavy (non-hydrogen) atoms. The van der Waals surface area contributed by atoms with Gasteiger partial charge in [0.25, 0.3) is 5.91 Å². The summed E-state index contributed by atoms with van der Waals surface area (Å²) in [7, 11) is 0. The molecule has 1 saturated heterocycles. The van der Waals surface area contributed by atoms with Gasteiger partial charge in [-0.2, -0.15) is 0 Å². The van der Waals surface area contributed by atoms with Gasteiger partial charge in [0.2, 0.25) is 5.91 Å². The van der Waals surface area contributed by atoms with Crippen molar-refractivity contribution in [1.29, 1.82) is 0 Å². The highest BCUT2D eigenvalue weighted by Crippen LogP contribution is 2.45. The van der Waals surface area contributed by atoms with E-state index in [0.717, 1.165) is 48.0 Å². The Kier molecular flexibility index (Phi) is 7.01. The second kappa shape index (κ2) is 10.3. The molecule has 0 bridgehead atoms. The van der Waals surface area contributed by atoms with Gasteiger partial charge in [-0.25, -0.2) is 4.99 Å². The number of allylic oxidation sites excluding steroid dienone is 1. The first kappa shape index (κ1) is 24.4. The fraction of sp³-hybridized carbons (Fsp3) is 0.345. The van der Waals surface area contributed by atoms with Crippen LogP contribution in [0.3, 0.4) is 0 Å². The van der Waals surface area contributed by atoms with Crippen LogP contribution in [0.2, 0.25) is 0 Å². The number of likely N-dealkylation sites (tertiary alicyclic amines) is 1. The Morgan fingerprint density at radius 1 is 1.06 bits per heavy atom. The van der Waals surface area contributed by atoms with Crippen LogP contribution in [-0.4, -0.2) is 39.9 Å². The molecule has 0 saturated carbocycles. The summed E-state index contributed by atoms with van der Waals surface area (Å²) in [5.41, 5.74) is 5.18. The second-order valence-electron chi connectivity index (χ2n) is 9.80. The summed E-state index contributed by atoms with van der Waals surface area (Å²) in [4.78, 5) is 35.6. The van der Waals surface area contributed by atoms with Gasteiger partial charge >= 0.3 is 0 Å². The third-order valence-electron chi connectivity index (χ3n) is 6.99. The topological polar surface area (TPSA) is 65.0 Å². The molecule has 2 aromatic rings. The van der Waals surface area contributed by atoms with Crippen molar-refractivity contribution in [2.75, 3.05) is 18.4 Å². The third-order valence-corrected chi connectivity index (χ3v) is 7.88. The minimum absolute atomic E-state index is 0.135. The predicted octanol–water partition coefficient (Wildman–Crippen LogP) is 6.04. The van der Waals surface area contributed by atoms with Gasteiger partial charge in [-0.15, -0.1) is 0 Å². The Balaban J connectivity index is 1.51. The fourth-order valence-electron chi connectivity index (χ4n) is 4.99. The van der Waals surface area contributed by atoms with Crippen molar-refractivity contribution in [3.05, 3.63) is 88.1 Å². The quantitative estimate of drug-likeness (QED) is 0.526. The zero-order valence-corrected chi connectivity index (χ0v) is 21.8. The lowest BCUT2D eigenvalue weighted by Gasteiger charge is -2.37. The molecule has 7 heteroatoms. The van der Waals surface area contributed by atoms with E-state index in [2.05, 4.69) is 48.3 Å². The van der Waals surface area contributed by atoms with Crippen molar-refractivity contribution in [3.8, 4) is 0 Å². The molecular formula is C29H32N4O2S. The lowest BCUT2D eigenvalue weighted by atomic mass is 9.91. The molecule has 1 atom stereocenters. The fourth-order valence-corrected chi connectivity index (χ4v) is 5.96. The molecule has 6 nitrogen and oxygen atoms in total. The minimum atomic E-state index is -0.366. The number of benzene rings is 2. The van der Waals surface area contributed by atoms with Gasteiger partial charge in [-0.3, -0.25) is 9.59 Å². The molecule has 0 aliphatic carbocycles. The lowest BCUT2D eigenvalue weighted by molar-refractivity contribution is -0.129. The van der Waals surface area contributed by atoms with Crippen molar-refractivity contribution in [1.82, 2.24) is 9.80 Å². The van der Waals surface area contributed by atoms with Crippen molar-refractivity contribution in [2.45, 2.75) is 52.0 Å². The summed E-state index contributed by atoms with van der Waals surface area (Å²) in [5.74, 6) is 0.370. The zero-order valence-electron chi connectivity index (χ0n) is 21.0. The maximum atomic E-state index is 13.7. The van der Waals surface area contributed by atoms with E-state index in [0.29, 0.717) is 23.6 Å². The van der Waals surface area contributed by atoms with E-state index >= 15 is 0 Å². The number of rotatable bonds is 6. The molecule has 0 radical (unpaired) electrons. The average Bonchev–Trinajstić information content (AvgIpc) is 3.54. The summed E-state index contributed by atoms with van der Waals surface area (Å²) >= 11 is 1.52. The number of carbonyl (C=O) groups excluding carboxylic acids is 2. The molecule has 1 fully saturated rings. The number of amides is 2. The molecule has 3 aliphatic heterocycles. The number of fused-ring (bicyclic) bond motifs is 1. The number of aliphatic imine (C=N–C) groups is 1. The zero-order chi connectivity index (χ0) is 25.2. The largest absolute Gasteiger partial charge is 0.342 e. The predicted molar refractivity (Wildman–Crippen MR) is 146 cm³/mol. The van der Waals surface area contributed by atoms with E-state index in [9.17, 15) is 9.59 Å². The summed E-state index contributed by atoms with van der Waals surface area (Å²) in [6.07, 6.45) is 2.43. The van der Waals surface area contributed by atoms with Gasteiger partial charge in [-0.05, 0) is 54.4 Å². The Labute approximate surface area is 217 Å². The van der Waals surface area contributed by atoms with Crippen LogP contribution in [0.15, 0.2) is 82.0 Å². The Morgan fingerprint density at radius 2 is 1.75 bits per heavy atom. The summed E-state index contributed by atoms with van der Waals surface area (Å²) < 4.78 is 0. The van der Waals surface area contributed by atoms with Crippen LogP contribution in [0.4, 0.5) is 5.69 Å². The van der Waals surface area contributed by atoms with Crippen LogP contribution >= 0.6 is 11.8 Å². The first-order chi connectivity index (χ1) is 17.4. The van der Waals surface area contributed by atoms with Crippen LogP contribution in [0.5, 0.6) is 0 Å². The van der Waals surface area contributed by atoms with Crippen LogP contribution in [0.25, 0.3) is 0 Å². The number of nitrogens with one attached hydrogen (secondary N) is 1. The Bertz CT molecular complexity index is 1240. The molecule has 0 spiro atoms. The first-order valence-electron chi connectivity index (χ1n) is 12.6. The van der Waals surface area contributed by atoms with E-state index in [1.54, 1.807) is 0 Å². The van der Waals surface area contributed by atoms with Gasteiger partial charge in [-0.1, -0.05) is 68.1 Å². The number of amidine groups is 1. The number of para-hydroxylation sites is 1. The monoisotopic (exact) mass is 500 g/mol. The Morgan fingerprint density at radius 3 is 2.42 bits per heavy atom. The number of carbonyl (C=O) groups is 2. The molecule has 5 rings (SSSR count). The Hall–Kier alpha value is -3.32. The highest BCUT2D eigenvalue weighted by molar-refractivity contribution is 8.16. The van der Waals surface area contributed by atoms with E-state index < -0.39 is 0 Å². The molecule has 2 amide bonds. The molecule has 2 aromatic carbocycles. The lowest BCUT2D eigenvalue weighted by Crippen LogP contribution is -2.39. The van der Waals surface area contributed by atoms with Crippen molar-refractivity contribution in [3.63, 3.8) is 0 Å². The molecule has 186 valence electrons. The average molecular weight is 501 g/mol. The number of hydrogen-bond acceptors (Lipinski definition) is 5. The van der Waals surface area contributed by atoms with Crippen molar-refractivity contribution < 1.29 is 9.59 Å². The third kappa shape index (κ3) is 4.85. The van der Waals surface area contributed by atoms with Crippen LogP contribution in [0, 0.1) is 0 Å². The van der Waals surface area contributed by atoms with Gasteiger partial charge in [0, 0.05) is 24.5 Å². The highest BCUT2D eigenvalue weighted by Gasteiger charge is 2.41. The minimum Gasteiger partial charge on any atom is -0.342 e. The molecule has 1 unspecified atom stereocenters. The van der Waals surface area contributed by atoms with Crippen molar-refractivity contribution >= 4 is 34.4 Å². The summed E-state index contributed by atoms with van der Waals surface area (Å²) in [6, 6.07) is 17.6. The second-order valence-corrected chi connectivity index (χ2v) is 10.6. The normalized spacial score (nSPS) is 19.4. The van der Waals surface area contributed by atoms with Gasteiger partial charge < -0.3 is 15.1 Å². The van der Waals surface area contributed by atoms with Crippen LogP contribution in [0.1, 0.15) is 63.1 Å². The van der Waals surface area contributed by atoms with E-state index in [1.807, 2.05) is 47.6 Å². The van der Waals surface area contributed by atoms with E-state index in [-0.39, 0.29) is 17.9 Å². The molecule has 3 aliphatic rings. The van der Waals surface area contributed by atoms with Crippen LogP contribution in [-0.2, 0) is 9.59 Å². The van der Waals surface area contributed by atoms with Gasteiger partial charge in [0.1, 0.15) is 0 Å². The van der Waals surface area contributed by atoms with E-state index in [4.69, 9.17) is 4.99 Å². The number of thioether (sulfide) groups is 1. The molecule has 1 N–H and O–H groups in total. The molecule has 0 aromatic heterocycles. The number of hydrogen-bond donors (Lipinski definition) is 1. The van der Waals surface area contributed by atoms with Gasteiger partial charge in [0.05, 0.1) is 23.7 Å². The summed E-state index contributed by atoms with van der Waals surface area (Å²) in [5, 5.41) is 5.89. The molecular weight excluding hydrogens is 468 g/mol. The first-order valence-corrected chi connectivity index (χ1v) is 13.5.